The summed E-state index contributed by atoms with van der Waals surface area (Å²) in [5.41, 5.74) is 12.0. The van der Waals surface area contributed by atoms with Gasteiger partial charge in [0.1, 0.15) is 208 Å². The third kappa shape index (κ3) is 22.8. The zero-order valence-electron chi connectivity index (χ0n) is 72.8. The van der Waals surface area contributed by atoms with Crippen molar-refractivity contribution in [3.8, 4) is 0 Å². The molecule has 0 spiro atoms. The highest BCUT2D eigenvalue weighted by atomic mass is 16.8. The van der Waals surface area contributed by atoms with Crippen molar-refractivity contribution >= 4 is 11.9 Å². The summed E-state index contributed by atoms with van der Waals surface area (Å²) in [6.45, 7) is -4.92. The number of nitrogens with two attached hydrogens (primary N) is 2. The minimum atomic E-state index is -3.18. The molecule has 0 aliphatic carbocycles. The minimum absolute atomic E-state index is 0.588. The quantitative estimate of drug-likeness (QED) is 0.0275. The Hall–Kier alpha value is -3.18. The van der Waals surface area contributed by atoms with Crippen LogP contribution in [0.4, 0.5) is 0 Å². The van der Waals surface area contributed by atoms with E-state index in [1.54, 1.807) is 13.8 Å². The first kappa shape index (κ1) is 111. The van der Waals surface area contributed by atoms with Gasteiger partial charge in [0.2, 0.25) is 0 Å². The van der Waals surface area contributed by atoms with Crippen LogP contribution < -0.4 is 11.5 Å². The van der Waals surface area contributed by atoms with Gasteiger partial charge in [0, 0.05) is 36.5 Å². The Morgan fingerprint density at radius 2 is 0.575 bits per heavy atom. The second-order valence-corrected chi connectivity index (χ2v) is 35.7. The first-order chi connectivity index (χ1) is 63.2. The number of ether oxygens (including phenoxy) is 21. The minimum Gasteiger partial charge on any atom is -0.477 e. The van der Waals surface area contributed by atoms with Gasteiger partial charge in [0.05, 0.1) is 127 Å². The molecule has 0 bridgehead atoms. The van der Waals surface area contributed by atoms with Gasteiger partial charge in [-0.05, 0) is 6.92 Å². The van der Waals surface area contributed by atoms with E-state index < -0.39 is 445 Å². The number of aliphatic hydroxyl groups is 30. The standard InChI is InChI=1S/C77H132N2O55/c1-19-23(5)115-32(14-86)55(39(19)94)124-66-20(2)40(95)56(33(15-87)120-66)125-69-52(107)61(128-73-65(51(106)46(101)29(11-83)119-73)130-68-22(4)42(97)58(35(17-89)122-68)127-71-54(109)63(48(103)31(13-85)117-71)134-77(75(112)113)7-25(91)38(79)60(132-77)44(99)27(93)9-81)49(104)36(123-69)18-114-72-64(50(105)45(100)28(10-82)118-72)129-67-21(3)41(96)57(34(16-88)121-67)126-70-53(108)62(47(102)30(12-84)116-70)133-76(74(110)111)6-24(90)37(78)59(131-76)43(98)26(92)8-80/h19-73,80-109H,6-18,78-79H2,1-5H3,(H,110,111)(H,112,113)/t19-,20+,21?,22?,23+,24-,25-,26-,27-,28?,29-,30?,31?,32?,33?,34+,35?,36?,37-,38-,39?,40?,41?,42-,43+,44+,45-,46-,47+,48+,49-,50?,51?,52-,53+,54+,55-,56-,57-,58-,59?,60?,61?,62?,63?,64-,65?,66+,67+,68+,69+,70+,71+,72+,73-,76+,77+/m1/s1. The van der Waals surface area contributed by atoms with Gasteiger partial charge >= 0.3 is 11.9 Å². The van der Waals surface area contributed by atoms with E-state index in [-0.39, 0.29) is 0 Å². The van der Waals surface area contributed by atoms with E-state index in [1.807, 2.05) is 0 Å². The van der Waals surface area contributed by atoms with E-state index in [0.717, 1.165) is 0 Å². The monoisotopic (exact) mass is 1960 g/mol. The second kappa shape index (κ2) is 47.1. The molecule has 0 radical (unpaired) electrons. The van der Waals surface area contributed by atoms with E-state index >= 15 is 0 Å². The van der Waals surface area contributed by atoms with Crippen LogP contribution in [0.1, 0.15) is 47.5 Å². The topological polar surface area (TPSA) is 927 Å². The van der Waals surface area contributed by atoms with Crippen molar-refractivity contribution in [1.82, 2.24) is 0 Å². The summed E-state index contributed by atoms with van der Waals surface area (Å²) in [6, 6.07) is -3.32. The Morgan fingerprint density at radius 3 is 0.918 bits per heavy atom. The number of carbonyl (C=O) groups is 2. The molecule has 57 heteroatoms. The van der Waals surface area contributed by atoms with E-state index in [4.69, 9.17) is 111 Å². The SMILES string of the molecule is CC1C(O)[C@H](O[C@@H]2OC(CO)[C@H](O)C(O[C@]3(C(=O)O)C[C@@H](O)[C@@H](N)C([C@@H](O)[C@H](O)CO)O3)[C@@H]2O)[C@H](CO)O[C@H]1O[C@@H]1C(O)[C@H](O)C(CO)O[C@@H]1OCC1O[C@@H](O[C@@H]2C(CO)O[C@@H](O[C@@H]3C(CO)O[C@@H](C)[C@@H](C)C3O)[C@@H](C)C2O)[C@H](O)C(O[C@H]2O[C@H](CO)[C@@H](O)C(O)C2O[C@@H]2OC(CO)[C@@H](O[C@@H]3OC(CO)[C@H](O)C(O[C@]4(C(=O)O)C[C@@H](O)[C@@H](N)C([C@@H](O)[C@H](O)CO)O4)[C@@H]3O)[C@H](O)C2C)[C@@H]1O. The van der Waals surface area contributed by atoms with E-state index in [9.17, 15) is 173 Å². The van der Waals surface area contributed by atoms with Gasteiger partial charge in [0.25, 0.3) is 11.6 Å². The predicted octanol–water partition coefficient (Wildman–Crippen LogP) is -20.5. The zero-order chi connectivity index (χ0) is 99.0. The molecule has 11 rings (SSSR count). The average molecular weight is 1970 g/mol. The number of carboxylic acid groups (broad SMARTS) is 2. The van der Waals surface area contributed by atoms with E-state index in [1.165, 1.54) is 20.8 Å². The van der Waals surface area contributed by atoms with Crippen LogP contribution in [0.15, 0.2) is 0 Å². The Labute approximate surface area is 761 Å². The average Bonchev–Trinajstić information content (AvgIpc) is 0.755. The normalized spacial score (nSPS) is 50.9. The molecule has 11 aliphatic heterocycles. The van der Waals surface area contributed by atoms with Crippen LogP contribution in [0.25, 0.3) is 0 Å². The van der Waals surface area contributed by atoms with Gasteiger partial charge < -0.3 is 274 Å². The summed E-state index contributed by atoms with van der Waals surface area (Å²) in [6.07, 6.45) is -101. The van der Waals surface area contributed by atoms with Crippen LogP contribution in [0.2, 0.25) is 0 Å². The van der Waals surface area contributed by atoms with E-state index in [0.29, 0.717) is 0 Å². The fourth-order valence-electron chi connectivity index (χ4n) is 18.2. The molecule has 57 nitrogen and oxygen atoms in total. The largest absolute Gasteiger partial charge is 0.477 e. The molecule has 0 aromatic carbocycles. The van der Waals surface area contributed by atoms with Gasteiger partial charge in [0.15, 0.2) is 50.3 Å². The van der Waals surface area contributed by atoms with Gasteiger partial charge in [-0.15, -0.1) is 0 Å². The molecule has 780 valence electrons. The summed E-state index contributed by atoms with van der Waals surface area (Å²) in [5, 5.41) is 357. The highest BCUT2D eigenvalue weighted by molar-refractivity contribution is 5.76. The molecule has 11 heterocycles. The Bertz CT molecular complexity index is 3610. The number of rotatable bonds is 37. The number of hydrogen-bond donors (Lipinski definition) is 34. The summed E-state index contributed by atoms with van der Waals surface area (Å²) < 4.78 is 126. The summed E-state index contributed by atoms with van der Waals surface area (Å²) in [7, 11) is 0. The number of hydrogen-bond acceptors (Lipinski definition) is 55. The molecule has 11 fully saturated rings. The molecule has 57 atom stereocenters. The Kier molecular flexibility index (Phi) is 39.1. The lowest BCUT2D eigenvalue weighted by molar-refractivity contribution is -0.404. The van der Waals surface area contributed by atoms with Crippen molar-refractivity contribution in [2.45, 2.75) is 372 Å². The second-order valence-electron chi connectivity index (χ2n) is 35.7. The first-order valence-corrected chi connectivity index (χ1v) is 43.7. The molecule has 11 saturated heterocycles. The van der Waals surface area contributed by atoms with E-state index in [2.05, 4.69) is 0 Å². The lowest BCUT2D eigenvalue weighted by Crippen LogP contribution is -2.70. The Balaban J connectivity index is 0.849. The van der Waals surface area contributed by atoms with Crippen molar-refractivity contribution in [3.05, 3.63) is 0 Å². The van der Waals surface area contributed by atoms with Crippen LogP contribution in [0.3, 0.4) is 0 Å². The maximum Gasteiger partial charge on any atom is 0.364 e. The lowest BCUT2D eigenvalue weighted by atomic mass is 9.88. The zero-order valence-corrected chi connectivity index (χ0v) is 72.8. The van der Waals surface area contributed by atoms with Crippen LogP contribution in [-0.4, -0.2) is 572 Å². The molecule has 134 heavy (non-hydrogen) atoms. The van der Waals surface area contributed by atoms with Crippen molar-refractivity contribution in [2.75, 3.05) is 72.7 Å². The summed E-state index contributed by atoms with van der Waals surface area (Å²) in [5.74, 6) is -15.4. The van der Waals surface area contributed by atoms with Crippen molar-refractivity contribution < 1.29 is 272 Å². The van der Waals surface area contributed by atoms with Crippen LogP contribution in [-0.2, 0) is 109 Å². The molecule has 0 amide bonds. The highest BCUT2D eigenvalue weighted by Gasteiger charge is 2.65. The molecule has 20 unspecified atom stereocenters. The number of aliphatic carboxylic acids is 2. The molecule has 0 aromatic rings. The maximum absolute atomic E-state index is 13.1. The Morgan fingerprint density at radius 1 is 0.306 bits per heavy atom. The third-order valence-corrected chi connectivity index (χ3v) is 26.8. The molecular formula is C77H132N2O55. The van der Waals surface area contributed by atoms with Crippen LogP contribution in [0, 0.1) is 23.7 Å². The van der Waals surface area contributed by atoms with Gasteiger partial charge in [-0.25, -0.2) is 9.59 Å². The predicted molar refractivity (Wildman–Crippen MR) is 417 cm³/mol. The fourth-order valence-corrected chi connectivity index (χ4v) is 18.2. The molecule has 0 saturated carbocycles. The van der Waals surface area contributed by atoms with Crippen molar-refractivity contribution in [3.63, 3.8) is 0 Å². The summed E-state index contributed by atoms with van der Waals surface area (Å²) >= 11 is 0. The number of carboxylic acids is 2. The molecular weight excluding hydrogens is 1830 g/mol. The van der Waals surface area contributed by atoms with Gasteiger partial charge in [-0.1, -0.05) is 27.7 Å². The maximum atomic E-state index is 13.1. The fraction of sp³-hybridized carbons (Fsp3) is 0.974. The number of aliphatic hydroxyl groups excluding tert-OH is 30. The van der Waals surface area contributed by atoms with Gasteiger partial charge in [-0.2, -0.15) is 0 Å². The lowest BCUT2D eigenvalue weighted by Gasteiger charge is -2.51. The first-order valence-electron chi connectivity index (χ1n) is 43.7. The molecule has 0 aromatic heterocycles. The molecule has 11 aliphatic rings. The van der Waals surface area contributed by atoms with Gasteiger partial charge in [-0.3, -0.25) is 0 Å². The smallest absolute Gasteiger partial charge is 0.364 e. The van der Waals surface area contributed by atoms with Crippen molar-refractivity contribution in [1.29, 1.82) is 0 Å². The third-order valence-electron chi connectivity index (χ3n) is 26.8. The van der Waals surface area contributed by atoms with Crippen molar-refractivity contribution in [2.24, 2.45) is 35.1 Å². The summed E-state index contributed by atoms with van der Waals surface area (Å²) in [4.78, 5) is 26.2. The van der Waals surface area contributed by atoms with Crippen LogP contribution >= 0.6 is 0 Å². The van der Waals surface area contributed by atoms with Crippen LogP contribution in [0.5, 0.6) is 0 Å². The highest BCUT2D eigenvalue weighted by Crippen LogP contribution is 2.46. The molecule has 36 N–H and O–H groups in total.